The molecule has 0 radical (unpaired) electrons. The topological polar surface area (TPSA) is 69.1 Å². The van der Waals surface area contributed by atoms with Gasteiger partial charge in [-0.3, -0.25) is 0 Å². The molecule has 0 amide bonds. The molecule has 0 bridgehead atoms. The van der Waals surface area contributed by atoms with Gasteiger partial charge in [0.1, 0.15) is 0 Å². The number of nitrogens with zero attached hydrogens (tertiary/aromatic N) is 4. The molecule has 0 aliphatic rings. The third kappa shape index (κ3) is 1.57. The molecule has 17 heavy (non-hydrogen) atoms. The molecule has 0 aromatic carbocycles. The fraction of sp³-hybridized carbons (Fsp3) is 0.182. The van der Waals surface area contributed by atoms with Gasteiger partial charge in [-0.25, -0.2) is 0 Å². The van der Waals surface area contributed by atoms with Gasteiger partial charge in [0, 0.05) is 4.88 Å². The molecule has 3 aromatic heterocycles. The zero-order valence-corrected chi connectivity index (χ0v) is 10.3. The minimum atomic E-state index is 0.700. The molecule has 0 saturated heterocycles. The van der Waals surface area contributed by atoms with E-state index in [2.05, 4.69) is 15.3 Å². The summed E-state index contributed by atoms with van der Waals surface area (Å²) in [6.45, 7) is 3.96. The van der Waals surface area contributed by atoms with Crippen LogP contribution in [0.2, 0.25) is 0 Å². The summed E-state index contributed by atoms with van der Waals surface area (Å²) in [4.78, 5) is 1.15. The van der Waals surface area contributed by atoms with E-state index < -0.39 is 0 Å². The number of aryl methyl sites for hydroxylation is 2. The van der Waals surface area contributed by atoms with Gasteiger partial charge in [0.05, 0.1) is 16.3 Å². The monoisotopic (exact) mass is 245 g/mol. The first-order valence-electron chi connectivity index (χ1n) is 5.20. The number of aromatic nitrogens is 4. The van der Waals surface area contributed by atoms with E-state index in [0.29, 0.717) is 5.82 Å². The summed E-state index contributed by atoms with van der Waals surface area (Å²) in [5.41, 5.74) is 8.52. The molecule has 6 heteroatoms. The van der Waals surface area contributed by atoms with Gasteiger partial charge in [-0.05, 0) is 32.0 Å². The fourth-order valence-electron chi connectivity index (χ4n) is 1.76. The summed E-state index contributed by atoms with van der Waals surface area (Å²) in [5, 5.41) is 13.4. The highest BCUT2D eigenvalue weighted by Crippen LogP contribution is 2.32. The lowest BCUT2D eigenvalue weighted by atomic mass is 10.3. The van der Waals surface area contributed by atoms with Crippen LogP contribution in [0.5, 0.6) is 0 Å². The van der Waals surface area contributed by atoms with Gasteiger partial charge in [0.15, 0.2) is 11.5 Å². The summed E-state index contributed by atoms with van der Waals surface area (Å²) in [6, 6.07) is 5.82. The summed E-state index contributed by atoms with van der Waals surface area (Å²) in [7, 11) is 0. The molecule has 2 N–H and O–H groups in total. The molecular formula is C11H11N5S. The number of thiophene rings is 1. The molecule has 0 fully saturated rings. The van der Waals surface area contributed by atoms with E-state index in [9.17, 15) is 0 Å². The second-order valence-corrected chi connectivity index (χ2v) is 5.19. The van der Waals surface area contributed by atoms with Gasteiger partial charge in [-0.2, -0.15) is 9.61 Å². The van der Waals surface area contributed by atoms with Crippen molar-refractivity contribution in [2.45, 2.75) is 13.8 Å². The number of hydrogen-bond donors (Lipinski definition) is 1. The zero-order valence-electron chi connectivity index (χ0n) is 9.51. The third-order valence-electron chi connectivity index (χ3n) is 2.52. The summed E-state index contributed by atoms with van der Waals surface area (Å²) in [5.74, 6) is 0.700. The lowest BCUT2D eigenvalue weighted by Gasteiger charge is -1.98. The van der Waals surface area contributed by atoms with Crippen molar-refractivity contribution in [2.75, 3.05) is 5.73 Å². The van der Waals surface area contributed by atoms with Crippen LogP contribution in [0.15, 0.2) is 18.2 Å². The van der Waals surface area contributed by atoms with Crippen molar-refractivity contribution < 1.29 is 0 Å². The highest BCUT2D eigenvalue weighted by Gasteiger charge is 2.14. The Kier molecular flexibility index (Phi) is 2.12. The largest absolute Gasteiger partial charge is 0.390 e. The van der Waals surface area contributed by atoms with Crippen molar-refractivity contribution in [3.05, 3.63) is 28.8 Å². The number of anilines is 1. The highest BCUT2D eigenvalue weighted by atomic mass is 32.1. The molecule has 3 heterocycles. The molecule has 5 nitrogen and oxygen atoms in total. The molecule has 0 unspecified atom stereocenters. The maximum Gasteiger partial charge on any atom is 0.188 e. The Morgan fingerprint density at radius 1 is 1.24 bits per heavy atom. The van der Waals surface area contributed by atoms with Gasteiger partial charge in [0.2, 0.25) is 0 Å². The van der Waals surface area contributed by atoms with Crippen LogP contribution in [-0.4, -0.2) is 19.8 Å². The van der Waals surface area contributed by atoms with Crippen LogP contribution in [-0.2, 0) is 0 Å². The van der Waals surface area contributed by atoms with E-state index in [1.807, 2.05) is 32.0 Å². The average Bonchev–Trinajstić information content (AvgIpc) is 2.81. The van der Waals surface area contributed by atoms with Gasteiger partial charge in [-0.1, -0.05) is 0 Å². The van der Waals surface area contributed by atoms with Crippen molar-refractivity contribution in [2.24, 2.45) is 0 Å². The van der Waals surface area contributed by atoms with Crippen molar-refractivity contribution >= 4 is 22.0 Å². The van der Waals surface area contributed by atoms with Crippen LogP contribution in [0.4, 0.5) is 5.00 Å². The minimum Gasteiger partial charge on any atom is -0.390 e. The Balaban J connectivity index is 2.30. The third-order valence-corrected chi connectivity index (χ3v) is 3.40. The lowest BCUT2D eigenvalue weighted by Crippen LogP contribution is -1.97. The Morgan fingerprint density at radius 3 is 2.76 bits per heavy atom. The Hall–Kier alpha value is -1.95. The van der Waals surface area contributed by atoms with Crippen molar-refractivity contribution in [3.8, 4) is 11.4 Å². The maximum absolute atomic E-state index is 5.97. The quantitative estimate of drug-likeness (QED) is 0.712. The first kappa shape index (κ1) is 10.2. The molecule has 86 valence electrons. The van der Waals surface area contributed by atoms with E-state index in [1.54, 1.807) is 15.9 Å². The van der Waals surface area contributed by atoms with E-state index >= 15 is 0 Å². The molecule has 0 spiro atoms. The van der Waals surface area contributed by atoms with E-state index in [1.165, 1.54) is 0 Å². The summed E-state index contributed by atoms with van der Waals surface area (Å²) in [6.07, 6.45) is 0. The first-order valence-corrected chi connectivity index (χ1v) is 6.02. The summed E-state index contributed by atoms with van der Waals surface area (Å²) < 4.78 is 1.73. The smallest absolute Gasteiger partial charge is 0.188 e. The lowest BCUT2D eigenvalue weighted by molar-refractivity contribution is 0.902. The van der Waals surface area contributed by atoms with Crippen LogP contribution in [0.1, 0.15) is 10.6 Å². The predicted octanol–water partition coefficient (Wildman–Crippen LogP) is 2.05. The van der Waals surface area contributed by atoms with Crippen LogP contribution >= 0.6 is 11.3 Å². The van der Waals surface area contributed by atoms with Crippen LogP contribution in [0, 0.1) is 13.8 Å². The normalized spacial score (nSPS) is 11.2. The van der Waals surface area contributed by atoms with Crippen LogP contribution in [0.3, 0.4) is 0 Å². The molecule has 3 aromatic rings. The predicted molar refractivity (Wildman–Crippen MR) is 68.0 cm³/mol. The van der Waals surface area contributed by atoms with Crippen molar-refractivity contribution in [3.63, 3.8) is 0 Å². The number of nitrogen functional groups attached to an aromatic ring is 1. The maximum atomic E-state index is 5.97. The van der Waals surface area contributed by atoms with Crippen LogP contribution < -0.4 is 5.73 Å². The standard InChI is InChI=1S/C11H11N5S/c1-6-3-4-9-13-14-11(16(9)15-6)8-5-7(2)17-10(8)12/h3-5H,12H2,1-2H3. The Labute approximate surface area is 102 Å². The van der Waals surface area contributed by atoms with Crippen molar-refractivity contribution in [1.29, 1.82) is 0 Å². The Morgan fingerprint density at radius 2 is 2.06 bits per heavy atom. The highest BCUT2D eigenvalue weighted by molar-refractivity contribution is 7.16. The second-order valence-electron chi connectivity index (χ2n) is 3.90. The van der Waals surface area contributed by atoms with Gasteiger partial charge < -0.3 is 5.73 Å². The van der Waals surface area contributed by atoms with E-state index in [-0.39, 0.29) is 0 Å². The molecule has 0 saturated carbocycles. The van der Waals surface area contributed by atoms with E-state index in [0.717, 1.165) is 26.8 Å². The Bertz CT molecular complexity index is 697. The first-order chi connectivity index (χ1) is 8.15. The number of nitrogens with two attached hydrogens (primary N) is 1. The average molecular weight is 245 g/mol. The molecule has 0 aliphatic carbocycles. The molecule has 3 rings (SSSR count). The second kappa shape index (κ2) is 3.53. The molecule has 0 atom stereocenters. The molecular weight excluding hydrogens is 234 g/mol. The van der Waals surface area contributed by atoms with E-state index in [4.69, 9.17) is 5.73 Å². The van der Waals surface area contributed by atoms with Gasteiger partial charge in [-0.15, -0.1) is 21.5 Å². The minimum absolute atomic E-state index is 0.700. The molecule has 0 aliphatic heterocycles. The number of hydrogen-bond acceptors (Lipinski definition) is 5. The van der Waals surface area contributed by atoms with Crippen LogP contribution in [0.25, 0.3) is 17.0 Å². The van der Waals surface area contributed by atoms with Crippen molar-refractivity contribution in [1.82, 2.24) is 19.8 Å². The zero-order chi connectivity index (χ0) is 12.0. The van der Waals surface area contributed by atoms with Gasteiger partial charge >= 0.3 is 0 Å². The number of rotatable bonds is 1. The summed E-state index contributed by atoms with van der Waals surface area (Å²) >= 11 is 1.55. The fourth-order valence-corrected chi connectivity index (χ4v) is 2.54. The van der Waals surface area contributed by atoms with Gasteiger partial charge in [0.25, 0.3) is 0 Å². The number of fused-ring (bicyclic) bond motifs is 1. The SMILES string of the molecule is Cc1ccc2nnc(-c3cc(C)sc3N)n2n1.